The molecule has 0 aromatic heterocycles. The predicted octanol–water partition coefficient (Wildman–Crippen LogP) is 2.00. The quantitative estimate of drug-likeness (QED) is 0.840. The molecular weight excluding hydrogens is 270 g/mol. The van der Waals surface area contributed by atoms with Gasteiger partial charge < -0.3 is 15.2 Å². The van der Waals surface area contributed by atoms with Crippen LogP contribution in [-0.4, -0.2) is 30.1 Å². The third-order valence-electron chi connectivity index (χ3n) is 3.92. The Labute approximate surface area is 124 Å². The summed E-state index contributed by atoms with van der Waals surface area (Å²) in [5.41, 5.74) is 1.05. The molecule has 1 aliphatic rings. The van der Waals surface area contributed by atoms with Crippen LogP contribution in [0.4, 0.5) is 0 Å². The van der Waals surface area contributed by atoms with Crippen molar-refractivity contribution in [1.82, 2.24) is 5.32 Å². The topological polar surface area (TPSA) is 75.6 Å². The van der Waals surface area contributed by atoms with Crippen molar-refractivity contribution in [2.45, 2.75) is 38.1 Å². The Morgan fingerprint density at radius 3 is 2.86 bits per heavy atom. The normalized spacial score (nSPS) is 21.0. The zero-order valence-electron chi connectivity index (χ0n) is 12.2. The van der Waals surface area contributed by atoms with E-state index in [4.69, 9.17) is 9.84 Å². The number of carboxylic acids is 1. The van der Waals surface area contributed by atoms with Crippen molar-refractivity contribution in [1.29, 1.82) is 0 Å². The maximum Gasteiger partial charge on any atom is 0.306 e. The molecule has 2 unspecified atom stereocenters. The number of aryl methyl sites for hydroxylation is 1. The standard InChI is InChI=1S/C16H21NO4/c1-21-14-4-2-3-11(9-14)5-8-15(18)17-13-7-6-12(10-13)16(19)20/h2-4,9,12-13H,5-8,10H2,1H3,(H,17,18)(H,19,20). The largest absolute Gasteiger partial charge is 0.497 e. The van der Waals surface area contributed by atoms with E-state index in [-0.39, 0.29) is 17.9 Å². The minimum absolute atomic E-state index is 0.00362. The van der Waals surface area contributed by atoms with E-state index in [9.17, 15) is 9.59 Å². The smallest absolute Gasteiger partial charge is 0.306 e. The van der Waals surface area contributed by atoms with Crippen molar-refractivity contribution in [3.8, 4) is 5.75 Å². The van der Waals surface area contributed by atoms with Crippen LogP contribution in [0.25, 0.3) is 0 Å². The summed E-state index contributed by atoms with van der Waals surface area (Å²) in [6, 6.07) is 7.66. The van der Waals surface area contributed by atoms with Gasteiger partial charge >= 0.3 is 5.97 Å². The highest BCUT2D eigenvalue weighted by molar-refractivity contribution is 5.77. The van der Waals surface area contributed by atoms with Crippen molar-refractivity contribution in [3.05, 3.63) is 29.8 Å². The summed E-state index contributed by atoms with van der Waals surface area (Å²) >= 11 is 0. The number of aliphatic carboxylic acids is 1. The van der Waals surface area contributed by atoms with Crippen LogP contribution in [0, 0.1) is 5.92 Å². The highest BCUT2D eigenvalue weighted by Crippen LogP contribution is 2.25. The highest BCUT2D eigenvalue weighted by atomic mass is 16.5. The first-order chi connectivity index (χ1) is 10.1. The summed E-state index contributed by atoms with van der Waals surface area (Å²) in [6.45, 7) is 0. The SMILES string of the molecule is COc1cccc(CCC(=O)NC2CCC(C(=O)O)C2)c1. The first-order valence-electron chi connectivity index (χ1n) is 7.23. The molecule has 1 fully saturated rings. The van der Waals surface area contributed by atoms with Gasteiger partial charge in [-0.1, -0.05) is 12.1 Å². The van der Waals surface area contributed by atoms with E-state index in [1.165, 1.54) is 0 Å². The molecule has 5 heteroatoms. The number of carbonyl (C=O) groups excluding carboxylic acids is 1. The third kappa shape index (κ3) is 4.48. The van der Waals surface area contributed by atoms with Crippen LogP contribution in [0.1, 0.15) is 31.2 Å². The Hall–Kier alpha value is -2.04. The van der Waals surface area contributed by atoms with Gasteiger partial charge in [0.15, 0.2) is 0 Å². The second-order valence-corrected chi connectivity index (χ2v) is 5.46. The lowest BCUT2D eigenvalue weighted by atomic mass is 10.1. The van der Waals surface area contributed by atoms with Crippen LogP contribution in [0.2, 0.25) is 0 Å². The van der Waals surface area contributed by atoms with Crippen LogP contribution in [0.3, 0.4) is 0 Å². The van der Waals surface area contributed by atoms with Gasteiger partial charge in [0, 0.05) is 12.5 Å². The Morgan fingerprint density at radius 2 is 2.19 bits per heavy atom. The first-order valence-corrected chi connectivity index (χ1v) is 7.23. The minimum atomic E-state index is -0.761. The van der Waals surface area contributed by atoms with Crippen molar-refractivity contribution in [2.75, 3.05) is 7.11 Å². The average molecular weight is 291 g/mol. The Morgan fingerprint density at radius 1 is 1.38 bits per heavy atom. The molecule has 1 amide bonds. The molecule has 0 saturated heterocycles. The molecule has 1 saturated carbocycles. The molecule has 2 atom stereocenters. The Bertz CT molecular complexity index is 515. The van der Waals surface area contributed by atoms with Gasteiger partial charge in [-0.15, -0.1) is 0 Å². The molecule has 21 heavy (non-hydrogen) atoms. The molecule has 2 N–H and O–H groups in total. The highest BCUT2D eigenvalue weighted by Gasteiger charge is 2.30. The molecule has 2 rings (SSSR count). The van der Waals surface area contributed by atoms with Crippen molar-refractivity contribution in [3.63, 3.8) is 0 Å². The molecule has 0 bridgehead atoms. The number of carbonyl (C=O) groups is 2. The Kier molecular flexibility index (Phi) is 5.20. The number of benzene rings is 1. The van der Waals surface area contributed by atoms with Gasteiger partial charge in [-0.05, 0) is 43.4 Å². The van der Waals surface area contributed by atoms with Crippen LogP contribution in [0.5, 0.6) is 5.75 Å². The predicted molar refractivity (Wildman–Crippen MR) is 78.2 cm³/mol. The lowest BCUT2D eigenvalue weighted by Gasteiger charge is -2.12. The molecule has 114 valence electrons. The number of carboxylic acid groups (broad SMARTS) is 1. The fourth-order valence-electron chi connectivity index (χ4n) is 2.72. The number of amides is 1. The van der Waals surface area contributed by atoms with Crippen LogP contribution in [-0.2, 0) is 16.0 Å². The second kappa shape index (κ2) is 7.11. The molecular formula is C16H21NO4. The summed E-state index contributed by atoms with van der Waals surface area (Å²) in [7, 11) is 1.62. The van der Waals surface area contributed by atoms with Gasteiger partial charge in [0.2, 0.25) is 5.91 Å². The molecule has 0 radical (unpaired) electrons. The fourth-order valence-corrected chi connectivity index (χ4v) is 2.72. The fraction of sp³-hybridized carbons (Fsp3) is 0.500. The summed E-state index contributed by atoms with van der Waals surface area (Å²) in [5.74, 6) is -0.307. The van der Waals surface area contributed by atoms with Gasteiger partial charge in [-0.25, -0.2) is 0 Å². The van der Waals surface area contributed by atoms with Crippen LogP contribution in [0.15, 0.2) is 24.3 Å². The molecule has 0 heterocycles. The number of hydrogen-bond donors (Lipinski definition) is 2. The monoisotopic (exact) mass is 291 g/mol. The molecule has 5 nitrogen and oxygen atoms in total. The van der Waals surface area contributed by atoms with Crippen LogP contribution < -0.4 is 10.1 Å². The third-order valence-corrected chi connectivity index (χ3v) is 3.92. The van der Waals surface area contributed by atoms with E-state index >= 15 is 0 Å². The van der Waals surface area contributed by atoms with Gasteiger partial charge in [0.25, 0.3) is 0 Å². The maximum atomic E-state index is 11.9. The van der Waals surface area contributed by atoms with Gasteiger partial charge in [-0.2, -0.15) is 0 Å². The Balaban J connectivity index is 1.76. The lowest BCUT2D eigenvalue weighted by molar-refractivity contribution is -0.141. The number of ether oxygens (including phenoxy) is 1. The summed E-state index contributed by atoms with van der Waals surface area (Å²) in [4.78, 5) is 22.8. The molecule has 1 aromatic rings. The van der Waals surface area contributed by atoms with E-state index in [1.54, 1.807) is 7.11 Å². The second-order valence-electron chi connectivity index (χ2n) is 5.46. The number of nitrogens with one attached hydrogen (secondary N) is 1. The minimum Gasteiger partial charge on any atom is -0.497 e. The van der Waals surface area contributed by atoms with E-state index in [2.05, 4.69) is 5.32 Å². The van der Waals surface area contributed by atoms with Gasteiger partial charge in [0.05, 0.1) is 13.0 Å². The van der Waals surface area contributed by atoms with Crippen molar-refractivity contribution in [2.24, 2.45) is 5.92 Å². The van der Waals surface area contributed by atoms with E-state index in [0.29, 0.717) is 25.7 Å². The lowest BCUT2D eigenvalue weighted by Crippen LogP contribution is -2.33. The zero-order valence-corrected chi connectivity index (χ0v) is 12.2. The summed E-state index contributed by atoms with van der Waals surface area (Å²) in [5, 5.41) is 11.9. The number of methoxy groups -OCH3 is 1. The van der Waals surface area contributed by atoms with Gasteiger partial charge in [-0.3, -0.25) is 9.59 Å². The summed E-state index contributed by atoms with van der Waals surface area (Å²) in [6.07, 6.45) is 3.00. The number of rotatable bonds is 6. The van der Waals surface area contributed by atoms with Crippen molar-refractivity contribution >= 4 is 11.9 Å². The van der Waals surface area contributed by atoms with Gasteiger partial charge in [0.1, 0.15) is 5.75 Å². The van der Waals surface area contributed by atoms with E-state index in [1.807, 2.05) is 24.3 Å². The average Bonchev–Trinajstić information content (AvgIpc) is 2.94. The molecule has 1 aliphatic carbocycles. The molecule has 1 aromatic carbocycles. The molecule has 0 aliphatic heterocycles. The maximum absolute atomic E-state index is 11.9. The molecule has 0 spiro atoms. The number of hydrogen-bond acceptors (Lipinski definition) is 3. The van der Waals surface area contributed by atoms with Crippen molar-refractivity contribution < 1.29 is 19.4 Å². The first kappa shape index (κ1) is 15.4. The van der Waals surface area contributed by atoms with E-state index in [0.717, 1.165) is 17.7 Å². The zero-order chi connectivity index (χ0) is 15.2. The van der Waals surface area contributed by atoms with E-state index < -0.39 is 5.97 Å². The van der Waals surface area contributed by atoms with Crippen LogP contribution >= 0.6 is 0 Å². The summed E-state index contributed by atoms with van der Waals surface area (Å²) < 4.78 is 5.15.